The molecule has 3 aromatic heterocycles. The second kappa shape index (κ2) is 11.6. The topological polar surface area (TPSA) is 76.7 Å². The number of rotatable bonds is 10. The Balaban J connectivity index is 1.09. The third-order valence-corrected chi connectivity index (χ3v) is 8.35. The average Bonchev–Trinajstić information content (AvgIpc) is 3.60. The molecule has 196 valence electrons. The Morgan fingerprint density at radius 2 is 1.79 bits per heavy atom. The summed E-state index contributed by atoms with van der Waals surface area (Å²) in [7, 11) is 0. The molecule has 2 aromatic carbocycles. The molecular weight excluding hydrogens is 494 g/mol. The van der Waals surface area contributed by atoms with Gasteiger partial charge in [0.1, 0.15) is 0 Å². The first kappa shape index (κ1) is 25.0. The summed E-state index contributed by atoms with van der Waals surface area (Å²) in [5.74, 6) is 0. The molecule has 1 aliphatic heterocycles. The fraction of sp³-hybridized carbons (Fsp3) is 0.300. The number of anilines is 2. The van der Waals surface area contributed by atoms with Crippen LogP contribution in [0.3, 0.4) is 0 Å². The Labute approximate surface area is 226 Å². The first-order chi connectivity index (χ1) is 18.7. The summed E-state index contributed by atoms with van der Waals surface area (Å²) in [4.78, 5) is 14.1. The van der Waals surface area contributed by atoms with Crippen LogP contribution in [0.2, 0.25) is 0 Å². The molecule has 0 amide bonds. The molecule has 0 saturated carbocycles. The normalized spacial score (nSPS) is 15.0. The first-order valence-electron chi connectivity index (χ1n) is 13.2. The van der Waals surface area contributed by atoms with Crippen LogP contribution in [-0.2, 0) is 11.3 Å². The highest BCUT2D eigenvalue weighted by Crippen LogP contribution is 2.38. The van der Waals surface area contributed by atoms with E-state index in [-0.39, 0.29) is 6.61 Å². The van der Waals surface area contributed by atoms with Crippen molar-refractivity contribution in [1.29, 1.82) is 0 Å². The van der Waals surface area contributed by atoms with Crippen LogP contribution in [0, 0.1) is 0 Å². The predicted molar refractivity (Wildman–Crippen MR) is 156 cm³/mol. The lowest BCUT2D eigenvalue weighted by atomic mass is 10.1. The molecule has 38 heavy (non-hydrogen) atoms. The van der Waals surface area contributed by atoms with E-state index in [1.165, 1.54) is 26.1 Å². The van der Waals surface area contributed by atoms with Crippen LogP contribution >= 0.6 is 11.3 Å². The van der Waals surface area contributed by atoms with Crippen molar-refractivity contribution in [3.63, 3.8) is 0 Å². The predicted octanol–water partition coefficient (Wildman–Crippen LogP) is 5.31. The lowest BCUT2D eigenvalue weighted by Gasteiger charge is -2.34. The van der Waals surface area contributed by atoms with Crippen LogP contribution in [0.15, 0.2) is 73.1 Å². The number of aromatic nitrogens is 2. The molecule has 5 aromatic rings. The van der Waals surface area contributed by atoms with Gasteiger partial charge < -0.3 is 20.1 Å². The van der Waals surface area contributed by atoms with Gasteiger partial charge in [-0.1, -0.05) is 24.3 Å². The highest BCUT2D eigenvalue weighted by Gasteiger charge is 2.17. The van der Waals surface area contributed by atoms with Crippen molar-refractivity contribution in [3.05, 3.63) is 78.6 Å². The van der Waals surface area contributed by atoms with Crippen molar-refractivity contribution in [2.24, 2.45) is 0 Å². The zero-order chi connectivity index (χ0) is 25.7. The Bertz CT molecular complexity index is 1490. The van der Waals surface area contributed by atoms with Gasteiger partial charge >= 0.3 is 0 Å². The fourth-order valence-electron chi connectivity index (χ4n) is 5.03. The number of aliphatic hydroxyl groups excluding tert-OH is 1. The highest BCUT2D eigenvalue weighted by atomic mass is 32.1. The minimum absolute atomic E-state index is 0.0939. The van der Waals surface area contributed by atoms with E-state index >= 15 is 0 Å². The molecule has 1 saturated heterocycles. The Morgan fingerprint density at radius 1 is 0.947 bits per heavy atom. The molecule has 0 radical (unpaired) electrons. The molecule has 0 spiro atoms. The molecule has 0 aliphatic carbocycles. The number of aromatic amines is 1. The number of hydrogen-bond acceptors (Lipinski definition) is 7. The average molecular weight is 528 g/mol. The van der Waals surface area contributed by atoms with Gasteiger partial charge in [-0.05, 0) is 47.5 Å². The van der Waals surface area contributed by atoms with Crippen LogP contribution < -0.4 is 5.32 Å². The Kier molecular flexibility index (Phi) is 7.66. The van der Waals surface area contributed by atoms with Crippen molar-refractivity contribution in [2.45, 2.75) is 6.54 Å². The molecule has 4 heterocycles. The number of hydrogen-bond donors (Lipinski definition) is 3. The number of ether oxygens (including phenoxy) is 1. The number of nitrogens with zero attached hydrogens (tertiary/aromatic N) is 3. The Morgan fingerprint density at radius 3 is 2.63 bits per heavy atom. The molecule has 0 atom stereocenters. The second-order valence-electron chi connectivity index (χ2n) is 9.74. The molecule has 0 bridgehead atoms. The lowest BCUT2D eigenvalue weighted by Crippen LogP contribution is -2.46. The number of pyridine rings is 1. The summed E-state index contributed by atoms with van der Waals surface area (Å²) < 4.78 is 6.57. The monoisotopic (exact) mass is 527 g/mol. The van der Waals surface area contributed by atoms with Crippen molar-refractivity contribution in [2.75, 3.05) is 57.9 Å². The van der Waals surface area contributed by atoms with Gasteiger partial charge in [0.05, 0.1) is 35.7 Å². The number of H-pyrrole nitrogens is 1. The minimum atomic E-state index is 0.0939. The standard InChI is InChI=1S/C30H33N5O2S/c36-16-18-37-17-15-34-11-13-35(14-12-34)21-22-1-3-23(4-2-22)29-20-28-30(38-29)27(8-10-32-28)33-25-5-6-26-24(19-25)7-9-31-26/h1-10,19-20,31,36H,11-18,21H2,(H,32,33). The van der Waals surface area contributed by atoms with E-state index in [2.05, 4.69) is 85.7 Å². The largest absolute Gasteiger partial charge is 0.394 e. The van der Waals surface area contributed by atoms with Crippen LogP contribution in [0.5, 0.6) is 0 Å². The zero-order valence-electron chi connectivity index (χ0n) is 21.4. The van der Waals surface area contributed by atoms with E-state index in [1.54, 1.807) is 11.3 Å². The van der Waals surface area contributed by atoms with E-state index in [1.807, 2.05) is 12.4 Å². The number of piperazine rings is 1. The number of aliphatic hydroxyl groups is 1. The zero-order valence-corrected chi connectivity index (χ0v) is 22.2. The van der Waals surface area contributed by atoms with E-state index in [0.717, 1.165) is 61.7 Å². The molecular formula is C30H33N5O2S. The number of nitrogens with one attached hydrogen (secondary N) is 2. The maximum Gasteiger partial charge on any atom is 0.0837 e. The summed E-state index contributed by atoms with van der Waals surface area (Å²) in [6, 6.07) is 21.7. The van der Waals surface area contributed by atoms with Gasteiger partial charge in [0, 0.05) is 73.1 Å². The molecule has 6 rings (SSSR count). The summed E-state index contributed by atoms with van der Waals surface area (Å²) in [5, 5.41) is 13.6. The van der Waals surface area contributed by atoms with Gasteiger partial charge in [-0.3, -0.25) is 14.8 Å². The van der Waals surface area contributed by atoms with Crippen molar-refractivity contribution in [1.82, 2.24) is 19.8 Å². The van der Waals surface area contributed by atoms with Crippen LogP contribution in [-0.4, -0.2) is 77.4 Å². The first-order valence-corrected chi connectivity index (χ1v) is 14.0. The summed E-state index contributed by atoms with van der Waals surface area (Å²) >= 11 is 1.78. The smallest absolute Gasteiger partial charge is 0.0837 e. The Hall–Kier alpha value is -3.27. The van der Waals surface area contributed by atoms with Gasteiger partial charge in [0.15, 0.2) is 0 Å². The number of benzene rings is 2. The van der Waals surface area contributed by atoms with Crippen LogP contribution in [0.25, 0.3) is 31.6 Å². The van der Waals surface area contributed by atoms with Crippen LogP contribution in [0.1, 0.15) is 5.56 Å². The van der Waals surface area contributed by atoms with Gasteiger partial charge in [-0.25, -0.2) is 0 Å². The van der Waals surface area contributed by atoms with Gasteiger partial charge in [0.2, 0.25) is 0 Å². The third kappa shape index (κ3) is 5.75. The van der Waals surface area contributed by atoms with E-state index in [9.17, 15) is 0 Å². The summed E-state index contributed by atoms with van der Waals surface area (Å²) in [6.07, 6.45) is 3.84. The van der Waals surface area contributed by atoms with Gasteiger partial charge in [-0.15, -0.1) is 11.3 Å². The third-order valence-electron chi connectivity index (χ3n) is 7.14. The van der Waals surface area contributed by atoms with Gasteiger partial charge in [0.25, 0.3) is 0 Å². The number of fused-ring (bicyclic) bond motifs is 2. The quantitative estimate of drug-likeness (QED) is 0.214. The fourth-order valence-corrected chi connectivity index (χ4v) is 6.12. The minimum Gasteiger partial charge on any atom is -0.394 e. The van der Waals surface area contributed by atoms with Crippen molar-refractivity contribution >= 4 is 43.8 Å². The highest BCUT2D eigenvalue weighted by molar-refractivity contribution is 7.22. The molecule has 1 fully saturated rings. The molecule has 1 aliphatic rings. The molecule has 0 unspecified atom stereocenters. The van der Waals surface area contributed by atoms with E-state index in [4.69, 9.17) is 9.84 Å². The lowest BCUT2D eigenvalue weighted by molar-refractivity contribution is 0.0564. The van der Waals surface area contributed by atoms with Crippen LogP contribution in [0.4, 0.5) is 11.4 Å². The van der Waals surface area contributed by atoms with Crippen molar-refractivity contribution in [3.8, 4) is 10.4 Å². The maximum absolute atomic E-state index is 8.82. The van der Waals surface area contributed by atoms with E-state index < -0.39 is 0 Å². The number of thiophene rings is 1. The summed E-state index contributed by atoms with van der Waals surface area (Å²) in [5.41, 5.74) is 6.87. The molecule has 8 heteroatoms. The van der Waals surface area contributed by atoms with Crippen molar-refractivity contribution < 1.29 is 9.84 Å². The SMILES string of the molecule is OCCOCCN1CCN(Cc2ccc(-c3cc4nccc(Nc5ccc6[nH]ccc6c5)c4s3)cc2)CC1. The van der Waals surface area contributed by atoms with E-state index in [0.29, 0.717) is 13.2 Å². The molecule has 3 N–H and O–H groups in total. The van der Waals surface area contributed by atoms with Gasteiger partial charge in [-0.2, -0.15) is 0 Å². The molecule has 7 nitrogen and oxygen atoms in total. The maximum atomic E-state index is 8.82. The second-order valence-corrected chi connectivity index (χ2v) is 10.8. The summed E-state index contributed by atoms with van der Waals surface area (Å²) in [6.45, 7) is 7.38.